The number of ether oxygens (including phenoxy) is 1. The van der Waals surface area contributed by atoms with Crippen molar-refractivity contribution >= 4 is 6.09 Å². The second-order valence-electron chi connectivity index (χ2n) is 7.86. The van der Waals surface area contributed by atoms with Gasteiger partial charge in [0, 0.05) is 36.8 Å². The van der Waals surface area contributed by atoms with Gasteiger partial charge in [-0.2, -0.15) is 0 Å². The molecule has 5 nitrogen and oxygen atoms in total. The summed E-state index contributed by atoms with van der Waals surface area (Å²) in [5.74, 6) is 2.49. The summed E-state index contributed by atoms with van der Waals surface area (Å²) in [6.45, 7) is 7.23. The summed E-state index contributed by atoms with van der Waals surface area (Å²) in [4.78, 5) is 23.4. The van der Waals surface area contributed by atoms with Gasteiger partial charge in [0.2, 0.25) is 0 Å². The Morgan fingerprint density at radius 1 is 1.32 bits per heavy atom. The van der Waals surface area contributed by atoms with Gasteiger partial charge in [-0.1, -0.05) is 0 Å². The molecule has 2 unspecified atom stereocenters. The number of fused-ring (bicyclic) bond motifs is 3. The highest BCUT2D eigenvalue weighted by molar-refractivity contribution is 5.69. The van der Waals surface area contributed by atoms with Crippen molar-refractivity contribution in [1.82, 2.24) is 14.9 Å². The standard InChI is InChI=1S/C17H23N3O2/c1-17(2,3)22-16(21)20-8-11-6-14-12(13(11)9-20)7-18-15(19-14)10-4-5-10/h7,10-11,13H,4-6,8-9H2,1-3H3. The highest BCUT2D eigenvalue weighted by Gasteiger charge is 2.44. The fourth-order valence-electron chi connectivity index (χ4n) is 3.61. The Morgan fingerprint density at radius 3 is 2.77 bits per heavy atom. The van der Waals surface area contributed by atoms with E-state index in [4.69, 9.17) is 9.72 Å². The Labute approximate surface area is 131 Å². The maximum Gasteiger partial charge on any atom is 0.410 e. The zero-order valence-electron chi connectivity index (χ0n) is 13.5. The summed E-state index contributed by atoms with van der Waals surface area (Å²) >= 11 is 0. The van der Waals surface area contributed by atoms with Crippen molar-refractivity contribution in [3.63, 3.8) is 0 Å². The maximum atomic E-state index is 12.2. The van der Waals surface area contributed by atoms with Crippen LogP contribution in [0.25, 0.3) is 0 Å². The summed E-state index contributed by atoms with van der Waals surface area (Å²) in [7, 11) is 0. The number of carbonyl (C=O) groups excluding carboxylic acids is 1. The van der Waals surface area contributed by atoms with Crippen LogP contribution in [0.3, 0.4) is 0 Å². The first kappa shape index (κ1) is 14.0. The van der Waals surface area contributed by atoms with Gasteiger partial charge in [0.05, 0.1) is 0 Å². The fourth-order valence-corrected chi connectivity index (χ4v) is 3.61. The third-order valence-electron chi connectivity index (χ3n) is 4.81. The molecule has 1 saturated carbocycles. The van der Waals surface area contributed by atoms with E-state index in [1.165, 1.54) is 24.1 Å². The molecule has 2 atom stereocenters. The van der Waals surface area contributed by atoms with Gasteiger partial charge in [-0.05, 0) is 51.5 Å². The monoisotopic (exact) mass is 301 g/mol. The molecule has 1 aromatic rings. The van der Waals surface area contributed by atoms with Gasteiger partial charge in [-0.15, -0.1) is 0 Å². The van der Waals surface area contributed by atoms with Gasteiger partial charge in [0.25, 0.3) is 0 Å². The predicted molar refractivity (Wildman–Crippen MR) is 81.7 cm³/mol. The van der Waals surface area contributed by atoms with Crippen LogP contribution in [0.5, 0.6) is 0 Å². The van der Waals surface area contributed by atoms with Crippen molar-refractivity contribution in [2.24, 2.45) is 5.92 Å². The van der Waals surface area contributed by atoms with Crippen molar-refractivity contribution in [1.29, 1.82) is 0 Å². The smallest absolute Gasteiger partial charge is 0.410 e. The van der Waals surface area contributed by atoms with Gasteiger partial charge >= 0.3 is 6.09 Å². The number of hydrogen-bond acceptors (Lipinski definition) is 4. The molecule has 1 amide bonds. The number of likely N-dealkylation sites (tertiary alicyclic amines) is 1. The summed E-state index contributed by atoms with van der Waals surface area (Å²) < 4.78 is 5.49. The quantitative estimate of drug-likeness (QED) is 0.800. The molecule has 1 aliphatic heterocycles. The van der Waals surface area contributed by atoms with Crippen LogP contribution in [0.2, 0.25) is 0 Å². The van der Waals surface area contributed by atoms with E-state index in [9.17, 15) is 4.79 Å². The van der Waals surface area contributed by atoms with E-state index in [0.717, 1.165) is 25.3 Å². The molecule has 4 rings (SSSR count). The average Bonchev–Trinajstić information content (AvgIpc) is 3.09. The normalized spacial score (nSPS) is 26.8. The van der Waals surface area contributed by atoms with E-state index in [1.54, 1.807) is 0 Å². The molecule has 2 heterocycles. The number of carbonyl (C=O) groups is 1. The summed E-state index contributed by atoms with van der Waals surface area (Å²) in [6.07, 6.45) is 5.26. The van der Waals surface area contributed by atoms with Gasteiger partial charge in [-0.25, -0.2) is 14.8 Å². The minimum absolute atomic E-state index is 0.195. The predicted octanol–water partition coefficient (Wildman–Crippen LogP) is 2.86. The number of aromatic nitrogens is 2. The summed E-state index contributed by atoms with van der Waals surface area (Å²) in [5.41, 5.74) is 2.03. The van der Waals surface area contributed by atoms with Crippen molar-refractivity contribution in [2.75, 3.05) is 13.1 Å². The largest absolute Gasteiger partial charge is 0.444 e. The average molecular weight is 301 g/mol. The zero-order chi connectivity index (χ0) is 15.5. The Hall–Kier alpha value is -1.65. The lowest BCUT2D eigenvalue weighted by molar-refractivity contribution is 0.0285. The Kier molecular flexibility index (Phi) is 2.97. The molecule has 5 heteroatoms. The molecule has 1 aromatic heterocycles. The molecule has 1 saturated heterocycles. The highest BCUT2D eigenvalue weighted by atomic mass is 16.6. The molecule has 3 aliphatic rings. The third-order valence-corrected chi connectivity index (χ3v) is 4.81. The lowest BCUT2D eigenvalue weighted by Crippen LogP contribution is -2.35. The highest BCUT2D eigenvalue weighted by Crippen LogP contribution is 2.44. The van der Waals surface area contributed by atoms with Crippen molar-refractivity contribution in [3.05, 3.63) is 23.3 Å². The van der Waals surface area contributed by atoms with E-state index in [2.05, 4.69) is 4.98 Å². The molecule has 2 fully saturated rings. The van der Waals surface area contributed by atoms with E-state index >= 15 is 0 Å². The van der Waals surface area contributed by atoms with E-state index in [0.29, 0.717) is 17.8 Å². The Balaban J connectivity index is 1.48. The second kappa shape index (κ2) is 4.67. The molecule has 0 spiro atoms. The topological polar surface area (TPSA) is 55.3 Å². The number of amides is 1. The lowest BCUT2D eigenvalue weighted by atomic mass is 9.97. The van der Waals surface area contributed by atoms with E-state index in [1.807, 2.05) is 31.9 Å². The van der Waals surface area contributed by atoms with Crippen LogP contribution in [0, 0.1) is 5.92 Å². The van der Waals surface area contributed by atoms with Crippen LogP contribution in [0.1, 0.15) is 62.5 Å². The molecule has 118 valence electrons. The molecular formula is C17H23N3O2. The first-order valence-electron chi connectivity index (χ1n) is 8.24. The first-order chi connectivity index (χ1) is 10.4. The SMILES string of the molecule is CC(C)(C)OC(=O)N1CC2Cc3nc(C4CC4)ncc3C2C1. The van der Waals surface area contributed by atoms with E-state index < -0.39 is 5.60 Å². The van der Waals surface area contributed by atoms with Gasteiger partial charge in [0.15, 0.2) is 0 Å². The lowest BCUT2D eigenvalue weighted by Gasteiger charge is -2.24. The second-order valence-corrected chi connectivity index (χ2v) is 7.86. The van der Waals surface area contributed by atoms with Crippen molar-refractivity contribution in [3.8, 4) is 0 Å². The van der Waals surface area contributed by atoms with Crippen LogP contribution in [0.15, 0.2) is 6.20 Å². The van der Waals surface area contributed by atoms with Crippen LogP contribution in [0.4, 0.5) is 4.79 Å². The molecule has 22 heavy (non-hydrogen) atoms. The van der Waals surface area contributed by atoms with Crippen molar-refractivity contribution in [2.45, 2.75) is 57.5 Å². The number of rotatable bonds is 1. The molecule has 0 bridgehead atoms. The Bertz CT molecular complexity index is 619. The van der Waals surface area contributed by atoms with Crippen molar-refractivity contribution < 1.29 is 9.53 Å². The molecule has 0 N–H and O–H groups in total. The zero-order valence-corrected chi connectivity index (χ0v) is 13.5. The van der Waals surface area contributed by atoms with E-state index in [-0.39, 0.29) is 6.09 Å². The minimum Gasteiger partial charge on any atom is -0.444 e. The molecule has 2 aliphatic carbocycles. The van der Waals surface area contributed by atoms with Crippen LogP contribution >= 0.6 is 0 Å². The Morgan fingerprint density at radius 2 is 2.09 bits per heavy atom. The van der Waals surface area contributed by atoms with Crippen LogP contribution < -0.4 is 0 Å². The molecule has 0 radical (unpaired) electrons. The van der Waals surface area contributed by atoms with Crippen LogP contribution in [-0.4, -0.2) is 39.7 Å². The maximum absolute atomic E-state index is 12.2. The molecular weight excluding hydrogens is 278 g/mol. The van der Waals surface area contributed by atoms with Gasteiger partial charge in [-0.3, -0.25) is 0 Å². The first-order valence-corrected chi connectivity index (χ1v) is 8.24. The summed E-state index contributed by atoms with van der Waals surface area (Å²) in [5, 5.41) is 0. The molecule has 0 aromatic carbocycles. The van der Waals surface area contributed by atoms with Crippen LogP contribution in [-0.2, 0) is 11.2 Å². The van der Waals surface area contributed by atoms with Gasteiger partial charge in [0.1, 0.15) is 11.4 Å². The number of hydrogen-bond donors (Lipinski definition) is 0. The third kappa shape index (κ3) is 2.46. The summed E-state index contributed by atoms with van der Waals surface area (Å²) in [6, 6.07) is 0. The fraction of sp³-hybridized carbons (Fsp3) is 0.706. The number of nitrogens with zero attached hydrogens (tertiary/aromatic N) is 3. The van der Waals surface area contributed by atoms with Gasteiger partial charge < -0.3 is 9.64 Å². The minimum atomic E-state index is -0.436.